The zero-order valence-electron chi connectivity index (χ0n) is 16.6. The van der Waals surface area contributed by atoms with E-state index in [9.17, 15) is 23.3 Å². The number of nitrogens with zero attached hydrogens (tertiary/aromatic N) is 3. The number of hydrogen-bond acceptors (Lipinski definition) is 7. The van der Waals surface area contributed by atoms with Gasteiger partial charge in [-0.1, -0.05) is 6.07 Å². The zero-order chi connectivity index (χ0) is 22.6. The van der Waals surface area contributed by atoms with E-state index in [1.807, 2.05) is 19.0 Å². The van der Waals surface area contributed by atoms with Gasteiger partial charge >= 0.3 is 0 Å². The van der Waals surface area contributed by atoms with E-state index in [-0.39, 0.29) is 22.2 Å². The molecule has 0 saturated carbocycles. The van der Waals surface area contributed by atoms with Gasteiger partial charge in [-0.15, -0.1) is 0 Å². The van der Waals surface area contributed by atoms with E-state index < -0.39 is 14.9 Å². The molecule has 10 nitrogen and oxygen atoms in total. The SMILES string of the molecule is CN(C)c1ccc(NC(=O)c2ccc(NS(=O)(=O)c3cccc([N+](=O)[O-])c3)cc2)cn1. The Labute approximate surface area is 178 Å². The molecule has 0 aliphatic heterocycles. The van der Waals surface area contributed by atoms with Gasteiger partial charge in [0.1, 0.15) is 5.82 Å². The number of carbonyl (C=O) groups excluding carboxylic acids is 1. The average Bonchev–Trinajstić information content (AvgIpc) is 2.74. The van der Waals surface area contributed by atoms with Crippen molar-refractivity contribution < 1.29 is 18.1 Å². The van der Waals surface area contributed by atoms with Crippen molar-refractivity contribution in [2.24, 2.45) is 0 Å². The summed E-state index contributed by atoms with van der Waals surface area (Å²) in [4.78, 5) is 28.4. The molecule has 0 bridgehead atoms. The molecule has 0 aliphatic carbocycles. The van der Waals surface area contributed by atoms with Crippen LogP contribution >= 0.6 is 0 Å². The number of anilines is 3. The maximum absolute atomic E-state index is 12.5. The number of amides is 1. The number of pyridine rings is 1. The predicted octanol–water partition coefficient (Wildman–Crippen LogP) is 3.11. The molecular weight excluding hydrogens is 422 g/mol. The van der Waals surface area contributed by atoms with Crippen LogP contribution in [0.1, 0.15) is 10.4 Å². The number of nitrogens with one attached hydrogen (secondary N) is 2. The van der Waals surface area contributed by atoms with Gasteiger partial charge in [-0.25, -0.2) is 13.4 Å². The standard InChI is InChI=1S/C20H19N5O5S/c1-24(2)19-11-10-16(13-21-19)22-20(26)14-6-8-15(9-7-14)23-31(29,30)18-5-3-4-17(12-18)25(27)28/h3-13,23H,1-2H3,(H,22,26). The van der Waals surface area contributed by atoms with Gasteiger partial charge in [-0.2, -0.15) is 0 Å². The van der Waals surface area contributed by atoms with E-state index in [1.165, 1.54) is 48.7 Å². The summed E-state index contributed by atoms with van der Waals surface area (Å²) in [5.74, 6) is 0.367. The first kappa shape index (κ1) is 21.7. The number of benzene rings is 2. The minimum Gasteiger partial charge on any atom is -0.363 e. The van der Waals surface area contributed by atoms with Crippen LogP contribution in [0.25, 0.3) is 0 Å². The molecular formula is C20H19N5O5S. The van der Waals surface area contributed by atoms with Crippen molar-refractivity contribution in [1.29, 1.82) is 0 Å². The predicted molar refractivity (Wildman–Crippen MR) is 117 cm³/mol. The van der Waals surface area contributed by atoms with Crippen LogP contribution < -0.4 is 14.9 Å². The van der Waals surface area contributed by atoms with Crippen molar-refractivity contribution in [1.82, 2.24) is 4.98 Å². The Morgan fingerprint density at radius 2 is 1.71 bits per heavy atom. The lowest BCUT2D eigenvalue weighted by atomic mass is 10.2. The van der Waals surface area contributed by atoms with Gasteiger partial charge in [0.05, 0.1) is 21.7 Å². The Morgan fingerprint density at radius 3 is 2.29 bits per heavy atom. The Bertz CT molecular complexity index is 1210. The molecule has 0 spiro atoms. The Morgan fingerprint density at radius 1 is 1.03 bits per heavy atom. The summed E-state index contributed by atoms with van der Waals surface area (Å²) >= 11 is 0. The van der Waals surface area contributed by atoms with Gasteiger partial charge in [0.15, 0.2) is 0 Å². The second kappa shape index (κ2) is 8.79. The highest BCUT2D eigenvalue weighted by molar-refractivity contribution is 7.92. The molecule has 31 heavy (non-hydrogen) atoms. The molecule has 3 aromatic rings. The van der Waals surface area contributed by atoms with Crippen LogP contribution in [-0.4, -0.2) is 38.3 Å². The second-order valence-electron chi connectivity index (χ2n) is 6.69. The fourth-order valence-electron chi connectivity index (χ4n) is 2.60. The Hall–Kier alpha value is -3.99. The number of rotatable bonds is 7. The lowest BCUT2D eigenvalue weighted by molar-refractivity contribution is -0.385. The van der Waals surface area contributed by atoms with E-state index in [0.717, 1.165) is 11.9 Å². The van der Waals surface area contributed by atoms with Crippen molar-refractivity contribution in [2.45, 2.75) is 4.90 Å². The zero-order valence-corrected chi connectivity index (χ0v) is 17.5. The van der Waals surface area contributed by atoms with Gasteiger partial charge in [-0.05, 0) is 42.5 Å². The quantitative estimate of drug-likeness (QED) is 0.425. The van der Waals surface area contributed by atoms with Crippen LogP contribution in [0.4, 0.5) is 22.9 Å². The summed E-state index contributed by atoms with van der Waals surface area (Å²) in [5.41, 5.74) is 0.712. The minimum absolute atomic E-state index is 0.208. The number of hydrogen-bond donors (Lipinski definition) is 2. The van der Waals surface area contributed by atoms with E-state index in [2.05, 4.69) is 15.0 Å². The van der Waals surface area contributed by atoms with Crippen molar-refractivity contribution in [3.63, 3.8) is 0 Å². The topological polar surface area (TPSA) is 135 Å². The van der Waals surface area contributed by atoms with E-state index >= 15 is 0 Å². The van der Waals surface area contributed by atoms with Crippen molar-refractivity contribution in [2.75, 3.05) is 29.0 Å². The largest absolute Gasteiger partial charge is 0.363 e. The summed E-state index contributed by atoms with van der Waals surface area (Å²) in [7, 11) is -0.316. The number of sulfonamides is 1. The highest BCUT2D eigenvalue weighted by atomic mass is 32.2. The third-order valence-corrected chi connectivity index (χ3v) is 5.58. The number of nitro groups is 1. The molecule has 0 saturated heterocycles. The number of non-ortho nitro benzene ring substituents is 1. The molecule has 0 unspecified atom stereocenters. The lowest BCUT2D eigenvalue weighted by Gasteiger charge is -2.12. The number of aromatic nitrogens is 1. The fraction of sp³-hybridized carbons (Fsp3) is 0.100. The molecule has 11 heteroatoms. The maximum Gasteiger partial charge on any atom is 0.270 e. The second-order valence-corrected chi connectivity index (χ2v) is 8.37. The first-order valence-corrected chi connectivity index (χ1v) is 10.5. The molecule has 1 amide bonds. The molecule has 0 aliphatic rings. The van der Waals surface area contributed by atoms with Gasteiger partial charge in [0.2, 0.25) is 0 Å². The van der Waals surface area contributed by atoms with Crippen LogP contribution in [0.3, 0.4) is 0 Å². The normalized spacial score (nSPS) is 10.9. The number of carbonyl (C=O) groups is 1. The summed E-state index contributed by atoms with van der Waals surface area (Å²) in [6, 6.07) is 14.0. The highest BCUT2D eigenvalue weighted by Gasteiger charge is 2.18. The third kappa shape index (κ3) is 5.34. The fourth-order valence-corrected chi connectivity index (χ4v) is 3.69. The van der Waals surface area contributed by atoms with Crippen molar-refractivity contribution in [3.8, 4) is 0 Å². The smallest absolute Gasteiger partial charge is 0.270 e. The van der Waals surface area contributed by atoms with Gasteiger partial charge in [-0.3, -0.25) is 19.6 Å². The van der Waals surface area contributed by atoms with Crippen LogP contribution in [0.2, 0.25) is 0 Å². The molecule has 2 aromatic carbocycles. The third-order valence-electron chi connectivity index (χ3n) is 4.20. The van der Waals surface area contributed by atoms with Gasteiger partial charge < -0.3 is 10.2 Å². The molecule has 0 radical (unpaired) electrons. The molecule has 2 N–H and O–H groups in total. The monoisotopic (exact) mass is 441 g/mol. The summed E-state index contributed by atoms with van der Waals surface area (Å²) in [6.07, 6.45) is 1.54. The molecule has 0 atom stereocenters. The van der Waals surface area contributed by atoms with Gasteiger partial charge in [0.25, 0.3) is 21.6 Å². The Kier molecular flexibility index (Phi) is 6.16. The van der Waals surface area contributed by atoms with E-state index in [1.54, 1.807) is 12.1 Å². The summed E-state index contributed by atoms with van der Waals surface area (Å²) < 4.78 is 27.3. The molecule has 160 valence electrons. The van der Waals surface area contributed by atoms with Crippen LogP contribution in [-0.2, 0) is 10.0 Å². The van der Waals surface area contributed by atoms with E-state index in [0.29, 0.717) is 11.3 Å². The van der Waals surface area contributed by atoms with Crippen LogP contribution in [0, 0.1) is 10.1 Å². The number of nitro benzene ring substituents is 1. The Balaban J connectivity index is 1.70. The summed E-state index contributed by atoms with van der Waals surface area (Å²) in [5, 5.41) is 13.6. The highest BCUT2D eigenvalue weighted by Crippen LogP contribution is 2.21. The molecule has 3 rings (SSSR count). The molecule has 1 aromatic heterocycles. The lowest BCUT2D eigenvalue weighted by Crippen LogP contribution is -2.15. The van der Waals surface area contributed by atoms with E-state index in [4.69, 9.17) is 0 Å². The first-order chi connectivity index (χ1) is 14.7. The van der Waals surface area contributed by atoms with Crippen molar-refractivity contribution >= 4 is 38.8 Å². The van der Waals surface area contributed by atoms with Gasteiger partial charge in [0, 0.05) is 37.5 Å². The van der Waals surface area contributed by atoms with Crippen LogP contribution in [0.15, 0.2) is 71.8 Å². The maximum atomic E-state index is 12.5. The summed E-state index contributed by atoms with van der Waals surface area (Å²) in [6.45, 7) is 0. The minimum atomic E-state index is -4.03. The average molecular weight is 441 g/mol. The molecule has 1 heterocycles. The molecule has 0 fully saturated rings. The van der Waals surface area contributed by atoms with Crippen LogP contribution in [0.5, 0.6) is 0 Å². The van der Waals surface area contributed by atoms with Crippen molar-refractivity contribution in [3.05, 3.63) is 82.5 Å². The first-order valence-electron chi connectivity index (χ1n) is 8.98.